The Bertz CT molecular complexity index is 617. The van der Waals surface area contributed by atoms with E-state index in [-0.39, 0.29) is 18.1 Å². The molecule has 0 saturated heterocycles. The molecule has 1 aromatic carbocycles. The maximum Gasteiger partial charge on any atom is 0.229 e. The van der Waals surface area contributed by atoms with Crippen LogP contribution in [0.5, 0.6) is 5.75 Å². The Labute approximate surface area is 124 Å². The number of anilines is 1. The molecule has 6 heteroatoms. The molecule has 0 fully saturated rings. The first kappa shape index (κ1) is 14.5. The molecular formula is C14H12BrFN2O2. The molecule has 1 heterocycles. The Morgan fingerprint density at radius 3 is 2.80 bits per heavy atom. The molecule has 0 atom stereocenters. The van der Waals surface area contributed by atoms with Gasteiger partial charge in [-0.1, -0.05) is 6.07 Å². The number of methoxy groups -OCH3 is 1. The van der Waals surface area contributed by atoms with Crippen LogP contribution in [0.1, 0.15) is 5.56 Å². The number of pyridine rings is 1. The molecule has 1 amide bonds. The fourth-order valence-electron chi connectivity index (χ4n) is 1.64. The van der Waals surface area contributed by atoms with Gasteiger partial charge in [-0.2, -0.15) is 0 Å². The average Bonchev–Trinajstić information content (AvgIpc) is 2.41. The van der Waals surface area contributed by atoms with E-state index in [9.17, 15) is 9.18 Å². The number of ether oxygens (including phenoxy) is 1. The zero-order valence-electron chi connectivity index (χ0n) is 10.7. The summed E-state index contributed by atoms with van der Waals surface area (Å²) >= 11 is 3.26. The molecule has 20 heavy (non-hydrogen) atoms. The number of nitrogens with zero attached hydrogens (tertiary/aromatic N) is 1. The van der Waals surface area contributed by atoms with Gasteiger partial charge in [0.1, 0.15) is 5.82 Å². The zero-order chi connectivity index (χ0) is 14.5. The summed E-state index contributed by atoms with van der Waals surface area (Å²) in [6, 6.07) is 7.88. The fourth-order valence-corrected chi connectivity index (χ4v) is 1.88. The van der Waals surface area contributed by atoms with Crippen molar-refractivity contribution in [3.8, 4) is 5.75 Å². The Morgan fingerprint density at radius 2 is 2.20 bits per heavy atom. The van der Waals surface area contributed by atoms with Crippen molar-refractivity contribution < 1.29 is 13.9 Å². The van der Waals surface area contributed by atoms with E-state index in [1.54, 1.807) is 24.4 Å². The highest BCUT2D eigenvalue weighted by molar-refractivity contribution is 9.10. The van der Waals surface area contributed by atoms with Crippen molar-refractivity contribution in [2.45, 2.75) is 6.42 Å². The molecule has 0 aliphatic rings. The van der Waals surface area contributed by atoms with Crippen LogP contribution in [-0.2, 0) is 11.2 Å². The Morgan fingerprint density at radius 1 is 1.40 bits per heavy atom. The third kappa shape index (κ3) is 3.77. The van der Waals surface area contributed by atoms with E-state index in [0.29, 0.717) is 11.4 Å². The van der Waals surface area contributed by atoms with Crippen molar-refractivity contribution in [2.75, 3.05) is 12.4 Å². The molecule has 2 aromatic rings. The van der Waals surface area contributed by atoms with Crippen molar-refractivity contribution in [2.24, 2.45) is 0 Å². The van der Waals surface area contributed by atoms with Gasteiger partial charge in [0.05, 0.1) is 13.5 Å². The summed E-state index contributed by atoms with van der Waals surface area (Å²) in [5.41, 5.74) is 0.568. The largest absolute Gasteiger partial charge is 0.494 e. The molecule has 0 bridgehead atoms. The van der Waals surface area contributed by atoms with Gasteiger partial charge in [0.25, 0.3) is 0 Å². The number of hydrogen-bond donors (Lipinski definition) is 1. The first-order valence-electron chi connectivity index (χ1n) is 5.82. The lowest BCUT2D eigenvalue weighted by atomic mass is 10.1. The van der Waals surface area contributed by atoms with Gasteiger partial charge in [-0.3, -0.25) is 4.79 Å². The van der Waals surface area contributed by atoms with Crippen molar-refractivity contribution in [3.63, 3.8) is 0 Å². The van der Waals surface area contributed by atoms with Crippen LogP contribution in [0.25, 0.3) is 0 Å². The number of benzene rings is 1. The predicted octanol–water partition coefficient (Wildman–Crippen LogP) is 3.17. The number of carbonyl (C=O) groups is 1. The summed E-state index contributed by atoms with van der Waals surface area (Å²) in [5, 5.41) is 2.64. The highest BCUT2D eigenvalue weighted by Crippen LogP contribution is 2.18. The molecular weight excluding hydrogens is 327 g/mol. The minimum atomic E-state index is -0.487. The normalized spacial score (nSPS) is 10.2. The van der Waals surface area contributed by atoms with Crippen LogP contribution >= 0.6 is 15.9 Å². The molecule has 0 spiro atoms. The van der Waals surface area contributed by atoms with E-state index < -0.39 is 5.82 Å². The highest BCUT2D eigenvalue weighted by atomic mass is 79.9. The second-order valence-electron chi connectivity index (χ2n) is 4.06. The smallest absolute Gasteiger partial charge is 0.229 e. The van der Waals surface area contributed by atoms with Crippen LogP contribution in [0, 0.1) is 5.82 Å². The summed E-state index contributed by atoms with van der Waals surface area (Å²) in [7, 11) is 1.39. The maximum absolute atomic E-state index is 13.5. The van der Waals surface area contributed by atoms with E-state index >= 15 is 0 Å². The SMILES string of the molecule is COc1ccc(CC(=O)Nc2ccc(Br)cn2)cc1F. The topological polar surface area (TPSA) is 51.2 Å². The lowest BCUT2D eigenvalue weighted by Gasteiger charge is -2.06. The van der Waals surface area contributed by atoms with E-state index in [2.05, 4.69) is 26.2 Å². The monoisotopic (exact) mass is 338 g/mol. The summed E-state index contributed by atoms with van der Waals surface area (Å²) < 4.78 is 19.1. The molecule has 0 radical (unpaired) electrons. The number of halogens is 2. The maximum atomic E-state index is 13.5. The number of carbonyl (C=O) groups excluding carboxylic acids is 1. The molecule has 0 saturated carbocycles. The second kappa shape index (κ2) is 6.47. The minimum Gasteiger partial charge on any atom is -0.494 e. The summed E-state index contributed by atoms with van der Waals surface area (Å²) in [5.74, 6) is -0.139. The van der Waals surface area contributed by atoms with Crippen LogP contribution in [-0.4, -0.2) is 18.0 Å². The number of rotatable bonds is 4. The van der Waals surface area contributed by atoms with Crippen molar-refractivity contribution in [3.05, 3.63) is 52.4 Å². The first-order valence-corrected chi connectivity index (χ1v) is 6.61. The molecule has 4 nitrogen and oxygen atoms in total. The quantitative estimate of drug-likeness (QED) is 0.931. The van der Waals surface area contributed by atoms with Gasteiger partial charge in [0.15, 0.2) is 11.6 Å². The van der Waals surface area contributed by atoms with E-state index in [0.717, 1.165) is 4.47 Å². The number of amides is 1. The molecule has 0 unspecified atom stereocenters. The summed E-state index contributed by atoms with van der Waals surface area (Å²) in [6.45, 7) is 0. The standard InChI is InChI=1S/C14H12BrFN2O2/c1-20-12-4-2-9(6-11(12)16)7-14(19)18-13-5-3-10(15)8-17-13/h2-6,8H,7H2,1H3,(H,17,18,19). The van der Waals surface area contributed by atoms with Crippen LogP contribution in [0.4, 0.5) is 10.2 Å². The lowest BCUT2D eigenvalue weighted by molar-refractivity contribution is -0.115. The Hall–Kier alpha value is -1.95. The fraction of sp³-hybridized carbons (Fsp3) is 0.143. The molecule has 0 aliphatic heterocycles. The lowest BCUT2D eigenvalue weighted by Crippen LogP contribution is -2.15. The van der Waals surface area contributed by atoms with Gasteiger partial charge in [0, 0.05) is 10.7 Å². The van der Waals surface area contributed by atoms with E-state index in [1.165, 1.54) is 19.2 Å². The second-order valence-corrected chi connectivity index (χ2v) is 4.97. The average molecular weight is 339 g/mol. The van der Waals surface area contributed by atoms with Gasteiger partial charge in [-0.25, -0.2) is 9.37 Å². The van der Waals surface area contributed by atoms with E-state index in [4.69, 9.17) is 4.74 Å². The van der Waals surface area contributed by atoms with Gasteiger partial charge in [-0.05, 0) is 45.8 Å². The molecule has 1 aromatic heterocycles. The van der Waals surface area contributed by atoms with Crippen molar-refractivity contribution in [1.82, 2.24) is 4.98 Å². The van der Waals surface area contributed by atoms with Gasteiger partial charge >= 0.3 is 0 Å². The van der Waals surface area contributed by atoms with Gasteiger partial charge in [0.2, 0.25) is 5.91 Å². The Balaban J connectivity index is 2.01. The summed E-state index contributed by atoms with van der Waals surface area (Å²) in [4.78, 5) is 15.8. The van der Waals surface area contributed by atoms with Crippen LogP contribution in [0.2, 0.25) is 0 Å². The van der Waals surface area contributed by atoms with E-state index in [1.807, 2.05) is 0 Å². The van der Waals surface area contributed by atoms with Crippen LogP contribution < -0.4 is 10.1 Å². The third-order valence-corrected chi connectivity index (χ3v) is 3.04. The highest BCUT2D eigenvalue weighted by Gasteiger charge is 2.08. The zero-order valence-corrected chi connectivity index (χ0v) is 12.3. The molecule has 2 rings (SSSR count). The van der Waals surface area contributed by atoms with Gasteiger partial charge < -0.3 is 10.1 Å². The molecule has 104 valence electrons. The van der Waals surface area contributed by atoms with Crippen molar-refractivity contribution in [1.29, 1.82) is 0 Å². The van der Waals surface area contributed by atoms with Gasteiger partial charge in [-0.15, -0.1) is 0 Å². The van der Waals surface area contributed by atoms with Crippen molar-refractivity contribution >= 4 is 27.7 Å². The van der Waals surface area contributed by atoms with Crippen LogP contribution in [0.3, 0.4) is 0 Å². The third-order valence-electron chi connectivity index (χ3n) is 2.58. The first-order chi connectivity index (χ1) is 9.58. The molecule has 0 aliphatic carbocycles. The number of nitrogens with one attached hydrogen (secondary N) is 1. The van der Waals surface area contributed by atoms with Crippen LogP contribution in [0.15, 0.2) is 41.0 Å². The summed E-state index contributed by atoms with van der Waals surface area (Å²) in [6.07, 6.45) is 1.65. The number of hydrogen-bond acceptors (Lipinski definition) is 3. The molecule has 1 N–H and O–H groups in total. The Kier molecular flexibility index (Phi) is 4.68. The predicted molar refractivity (Wildman–Crippen MR) is 77.2 cm³/mol. The number of aromatic nitrogens is 1. The minimum absolute atomic E-state index is 0.0681.